The van der Waals surface area contributed by atoms with Crippen LogP contribution in [-0.4, -0.2) is 13.3 Å². The SMILES string of the molecule is CCCCCCCCC(CCCCCCCC)n1c2cc(-c3ccccc3)ccc2c2ccc(-c3ccc(-c4ccc(-c5ccc(-c6ccccc6)s5)c5nsnc45)s3)cc21. The van der Waals surface area contributed by atoms with Gasteiger partial charge in [0.15, 0.2) is 0 Å². The van der Waals surface area contributed by atoms with Crippen LogP contribution in [0.3, 0.4) is 0 Å². The van der Waals surface area contributed by atoms with E-state index >= 15 is 0 Å². The average molecular weight is 856 g/mol. The lowest BCUT2D eigenvalue weighted by atomic mass is 9.99. The van der Waals surface area contributed by atoms with E-state index in [9.17, 15) is 0 Å². The van der Waals surface area contributed by atoms with Crippen molar-refractivity contribution in [1.29, 1.82) is 0 Å². The first-order valence-corrected chi connectivity index (χ1v) is 25.2. The molecule has 0 saturated heterocycles. The Balaban J connectivity index is 1.07. The molecule has 0 fully saturated rings. The topological polar surface area (TPSA) is 30.7 Å². The van der Waals surface area contributed by atoms with Gasteiger partial charge in [0.1, 0.15) is 11.0 Å². The van der Waals surface area contributed by atoms with Crippen LogP contribution < -0.4 is 0 Å². The number of thiophene rings is 2. The summed E-state index contributed by atoms with van der Waals surface area (Å²) in [6, 6.07) is 50.1. The number of rotatable bonds is 20. The van der Waals surface area contributed by atoms with Gasteiger partial charge in [0.25, 0.3) is 0 Å². The van der Waals surface area contributed by atoms with Crippen LogP contribution in [0.25, 0.3) is 85.7 Å². The van der Waals surface area contributed by atoms with Gasteiger partial charge in [0, 0.05) is 53.0 Å². The Hall–Kier alpha value is -4.88. The first kappa shape index (κ1) is 41.5. The highest BCUT2D eigenvalue weighted by Gasteiger charge is 2.21. The normalized spacial score (nSPS) is 11.9. The van der Waals surface area contributed by atoms with Gasteiger partial charge in [-0.15, -0.1) is 22.7 Å². The Kier molecular flexibility index (Phi) is 13.5. The molecule has 0 amide bonds. The predicted molar refractivity (Wildman–Crippen MR) is 268 cm³/mol. The molecule has 9 rings (SSSR count). The van der Waals surface area contributed by atoms with Crippen molar-refractivity contribution in [3.8, 4) is 52.9 Å². The highest BCUT2D eigenvalue weighted by Crippen LogP contribution is 2.44. The molecule has 5 aromatic carbocycles. The van der Waals surface area contributed by atoms with Crippen molar-refractivity contribution < 1.29 is 0 Å². The number of benzene rings is 5. The van der Waals surface area contributed by atoms with Crippen LogP contribution in [0, 0.1) is 0 Å². The van der Waals surface area contributed by atoms with Crippen molar-refractivity contribution in [2.45, 2.75) is 110 Å². The molecule has 0 atom stereocenters. The zero-order valence-electron chi connectivity index (χ0n) is 35.7. The third-order valence-electron chi connectivity index (χ3n) is 12.6. The van der Waals surface area contributed by atoms with Gasteiger partial charge in [-0.3, -0.25) is 0 Å². The molecule has 0 saturated carbocycles. The molecule has 0 aliphatic heterocycles. The highest BCUT2D eigenvalue weighted by atomic mass is 32.1. The summed E-state index contributed by atoms with van der Waals surface area (Å²) < 4.78 is 12.5. The van der Waals surface area contributed by atoms with Crippen molar-refractivity contribution in [3.63, 3.8) is 0 Å². The molecule has 0 unspecified atom stereocenters. The number of aromatic nitrogens is 3. The number of unbranched alkanes of at least 4 members (excludes halogenated alkanes) is 10. The summed E-state index contributed by atoms with van der Waals surface area (Å²) in [5, 5.41) is 2.73. The molecule has 0 bridgehead atoms. The van der Waals surface area contributed by atoms with E-state index in [1.54, 1.807) is 0 Å². The van der Waals surface area contributed by atoms with Crippen molar-refractivity contribution in [2.24, 2.45) is 0 Å². The van der Waals surface area contributed by atoms with Crippen LogP contribution in [0.5, 0.6) is 0 Å². The zero-order valence-corrected chi connectivity index (χ0v) is 38.2. The van der Waals surface area contributed by atoms with Crippen molar-refractivity contribution in [2.75, 3.05) is 0 Å². The Labute approximate surface area is 374 Å². The van der Waals surface area contributed by atoms with Gasteiger partial charge in [0.05, 0.1) is 17.2 Å². The lowest BCUT2D eigenvalue weighted by molar-refractivity contribution is 0.410. The quantitative estimate of drug-likeness (QED) is 0.0715. The maximum absolute atomic E-state index is 4.88. The van der Waals surface area contributed by atoms with Crippen LogP contribution >= 0.6 is 34.4 Å². The summed E-state index contributed by atoms with van der Waals surface area (Å²) in [6.45, 7) is 4.63. The Morgan fingerprint density at radius 1 is 0.426 bits per heavy atom. The molecule has 0 N–H and O–H groups in total. The molecular formula is C55H57N3S3. The van der Waals surface area contributed by atoms with E-state index in [0.29, 0.717) is 6.04 Å². The summed E-state index contributed by atoms with van der Waals surface area (Å²) in [5.74, 6) is 0. The molecule has 9 aromatic rings. The van der Waals surface area contributed by atoms with Crippen LogP contribution in [0.2, 0.25) is 0 Å². The first-order chi connectivity index (χ1) is 30.2. The maximum atomic E-state index is 4.88. The summed E-state index contributed by atoms with van der Waals surface area (Å²) >= 11 is 5.00. The van der Waals surface area contributed by atoms with Crippen LogP contribution in [-0.2, 0) is 0 Å². The molecule has 0 radical (unpaired) electrons. The third kappa shape index (κ3) is 9.19. The fraction of sp³-hybridized carbons (Fsp3) is 0.309. The zero-order chi connectivity index (χ0) is 41.4. The summed E-state index contributed by atoms with van der Waals surface area (Å²) in [6.07, 6.45) is 18.4. The van der Waals surface area contributed by atoms with Crippen LogP contribution in [0.4, 0.5) is 0 Å². The van der Waals surface area contributed by atoms with E-state index in [4.69, 9.17) is 8.75 Å². The second-order valence-corrected chi connectivity index (χ2v) is 19.5. The van der Waals surface area contributed by atoms with E-state index in [2.05, 4.69) is 152 Å². The number of hydrogen-bond acceptors (Lipinski definition) is 5. The fourth-order valence-electron chi connectivity index (χ4n) is 9.27. The van der Waals surface area contributed by atoms with Gasteiger partial charge in [-0.25, -0.2) is 0 Å². The molecule has 3 nitrogen and oxygen atoms in total. The standard InChI is InChI=1S/C55H57N3S3/c1-3-5-7-9-11-19-25-43(26-20-12-10-8-6-4-2)58-48-37-41(39-21-15-13-16-22-39)27-29-44(48)45-30-28-42(38-49(45)58)51-34-36-53(60-51)47-32-31-46(54-55(47)57-61-56-54)52-35-33-50(59-52)40-23-17-14-18-24-40/h13-18,21-24,27-38,43H,3-12,19-20,25-26H2,1-2H3. The summed E-state index contributed by atoms with van der Waals surface area (Å²) in [7, 11) is 0. The summed E-state index contributed by atoms with van der Waals surface area (Å²) in [5.41, 5.74) is 12.1. The second kappa shape index (κ2) is 19.9. The van der Waals surface area contributed by atoms with E-state index in [-0.39, 0.29) is 0 Å². The largest absolute Gasteiger partial charge is 0.337 e. The Morgan fingerprint density at radius 3 is 1.44 bits per heavy atom. The lowest BCUT2D eigenvalue weighted by Crippen LogP contribution is -2.09. The molecule has 4 aromatic heterocycles. The number of hydrogen-bond donors (Lipinski definition) is 0. The molecule has 61 heavy (non-hydrogen) atoms. The molecule has 310 valence electrons. The minimum atomic E-state index is 0.466. The van der Waals surface area contributed by atoms with Gasteiger partial charge in [-0.2, -0.15) is 8.75 Å². The van der Waals surface area contributed by atoms with Crippen molar-refractivity contribution in [1.82, 2.24) is 13.3 Å². The van der Waals surface area contributed by atoms with E-state index in [1.165, 1.54) is 165 Å². The maximum Gasteiger partial charge on any atom is 0.114 e. The third-order valence-corrected chi connectivity index (χ3v) is 15.4. The average Bonchev–Trinajstić information content (AvgIpc) is 4.15. The minimum Gasteiger partial charge on any atom is -0.337 e. The molecule has 6 heteroatoms. The first-order valence-electron chi connectivity index (χ1n) is 22.8. The monoisotopic (exact) mass is 855 g/mol. The second-order valence-electron chi connectivity index (χ2n) is 16.8. The molecule has 0 spiro atoms. The van der Waals surface area contributed by atoms with Crippen LogP contribution in [0.1, 0.15) is 110 Å². The minimum absolute atomic E-state index is 0.466. The van der Waals surface area contributed by atoms with Gasteiger partial charge in [0.2, 0.25) is 0 Å². The Morgan fingerprint density at radius 2 is 0.885 bits per heavy atom. The summed E-state index contributed by atoms with van der Waals surface area (Å²) in [4.78, 5) is 5.00. The number of fused-ring (bicyclic) bond motifs is 4. The Bertz CT molecular complexity index is 2790. The lowest BCUT2D eigenvalue weighted by Gasteiger charge is -2.22. The fourth-order valence-corrected chi connectivity index (χ4v) is 11.9. The van der Waals surface area contributed by atoms with Crippen molar-refractivity contribution in [3.05, 3.63) is 133 Å². The molecular weight excluding hydrogens is 799 g/mol. The predicted octanol–water partition coefficient (Wildman–Crippen LogP) is 18.3. The molecule has 0 aliphatic carbocycles. The van der Waals surface area contributed by atoms with E-state index in [0.717, 1.165) is 22.2 Å². The van der Waals surface area contributed by atoms with Gasteiger partial charge < -0.3 is 4.57 Å². The molecule has 4 heterocycles. The van der Waals surface area contributed by atoms with E-state index in [1.807, 2.05) is 22.7 Å². The van der Waals surface area contributed by atoms with E-state index < -0.39 is 0 Å². The van der Waals surface area contributed by atoms with Gasteiger partial charge in [-0.1, -0.05) is 188 Å². The molecule has 0 aliphatic rings. The van der Waals surface area contributed by atoms with Gasteiger partial charge >= 0.3 is 0 Å². The number of nitrogens with zero attached hydrogens (tertiary/aromatic N) is 3. The van der Waals surface area contributed by atoms with Crippen molar-refractivity contribution >= 4 is 67.2 Å². The highest BCUT2D eigenvalue weighted by molar-refractivity contribution is 7.19. The van der Waals surface area contributed by atoms with Gasteiger partial charge in [-0.05, 0) is 71.5 Å². The smallest absolute Gasteiger partial charge is 0.114 e. The van der Waals surface area contributed by atoms with Crippen LogP contribution in [0.15, 0.2) is 133 Å².